The number of hydrogen-bond donors (Lipinski definition) is 2. The first-order chi connectivity index (χ1) is 12.4. The zero-order valence-electron chi connectivity index (χ0n) is 15.5. The quantitative estimate of drug-likeness (QED) is 0.715. The smallest absolute Gasteiger partial charge is 0.189 e. The van der Waals surface area contributed by atoms with Crippen LogP contribution in [0, 0.1) is 23.7 Å². The van der Waals surface area contributed by atoms with Gasteiger partial charge >= 0.3 is 0 Å². The van der Waals surface area contributed by atoms with Crippen LogP contribution in [-0.2, 0) is 9.59 Å². The molecule has 0 aromatic heterocycles. The first-order valence-corrected chi connectivity index (χ1v) is 9.78. The van der Waals surface area contributed by atoms with Crippen LogP contribution in [0.25, 0.3) is 0 Å². The van der Waals surface area contributed by atoms with Crippen LogP contribution in [0.2, 0.25) is 0 Å². The second-order valence-electron chi connectivity index (χ2n) is 8.33. The Hall–Kier alpha value is -1.52. The van der Waals surface area contributed by atoms with Crippen molar-refractivity contribution in [3.05, 3.63) is 36.5 Å². The Labute approximate surface area is 155 Å². The summed E-state index contributed by atoms with van der Waals surface area (Å²) in [5, 5.41) is 19.8. The maximum absolute atomic E-state index is 12.0. The highest BCUT2D eigenvalue weighted by atomic mass is 16.3. The summed E-state index contributed by atoms with van der Waals surface area (Å²) in [5.41, 5.74) is 1.04. The molecule has 0 saturated heterocycles. The molecule has 0 spiro atoms. The normalized spacial score (nSPS) is 37.0. The molecule has 0 aromatic rings. The second kappa shape index (κ2) is 7.61. The molecule has 0 aliphatic heterocycles. The predicted octanol–water partition coefficient (Wildman–Crippen LogP) is 3.14. The lowest BCUT2D eigenvalue weighted by atomic mass is 9.59. The van der Waals surface area contributed by atoms with Gasteiger partial charge in [-0.2, -0.15) is 0 Å². The number of rotatable bonds is 6. The lowest BCUT2D eigenvalue weighted by Crippen LogP contribution is -2.40. The van der Waals surface area contributed by atoms with E-state index in [1.165, 1.54) is 5.57 Å². The summed E-state index contributed by atoms with van der Waals surface area (Å²) >= 11 is 0. The number of fused-ring (bicyclic) bond motifs is 1. The largest absolute Gasteiger partial charge is 0.388 e. The lowest BCUT2D eigenvalue weighted by Gasteiger charge is -2.45. The fourth-order valence-electron chi connectivity index (χ4n) is 5.61. The van der Waals surface area contributed by atoms with Crippen LogP contribution in [0.3, 0.4) is 0 Å². The Kier molecular flexibility index (Phi) is 5.64. The molecular formula is C22H30O4. The summed E-state index contributed by atoms with van der Waals surface area (Å²) in [4.78, 5) is 23.8. The van der Waals surface area contributed by atoms with E-state index in [-0.39, 0.29) is 17.6 Å². The van der Waals surface area contributed by atoms with Crippen LogP contribution in [0.1, 0.15) is 51.4 Å². The number of allylic oxidation sites excluding steroid dienone is 4. The number of Topliss-reactive ketones (excluding diaryl/α,β-unsaturated/α-hetero) is 1. The first-order valence-electron chi connectivity index (χ1n) is 9.78. The van der Waals surface area contributed by atoms with Gasteiger partial charge in [-0.1, -0.05) is 23.8 Å². The molecule has 0 amide bonds. The third-order valence-corrected chi connectivity index (χ3v) is 6.86. The first kappa shape index (κ1) is 19.2. The molecule has 0 aromatic carbocycles. The van der Waals surface area contributed by atoms with Crippen LogP contribution < -0.4 is 0 Å². The molecule has 4 heteroatoms. The van der Waals surface area contributed by atoms with Gasteiger partial charge in [-0.05, 0) is 74.7 Å². The van der Waals surface area contributed by atoms with E-state index in [1.807, 2.05) is 12.2 Å². The van der Waals surface area contributed by atoms with Gasteiger partial charge in [0.1, 0.15) is 12.2 Å². The molecule has 3 rings (SSSR count). The molecule has 0 radical (unpaired) electrons. The molecule has 2 unspecified atom stereocenters. The number of ketones is 2. The molecule has 5 atom stereocenters. The van der Waals surface area contributed by atoms with Gasteiger partial charge in [0.15, 0.2) is 11.6 Å². The van der Waals surface area contributed by atoms with Crippen LogP contribution in [0.15, 0.2) is 36.5 Å². The van der Waals surface area contributed by atoms with Gasteiger partial charge in [-0.15, -0.1) is 6.58 Å². The zero-order valence-corrected chi connectivity index (χ0v) is 15.5. The van der Waals surface area contributed by atoms with Crippen molar-refractivity contribution in [3.63, 3.8) is 0 Å². The Bertz CT molecular complexity index is 647. The fourth-order valence-corrected chi connectivity index (χ4v) is 5.61. The van der Waals surface area contributed by atoms with Crippen molar-refractivity contribution < 1.29 is 19.8 Å². The Morgan fingerprint density at radius 1 is 1.31 bits per heavy atom. The molecule has 2 fully saturated rings. The monoisotopic (exact) mass is 358 g/mol. The molecule has 142 valence electrons. The lowest BCUT2D eigenvalue weighted by molar-refractivity contribution is -0.140. The van der Waals surface area contributed by atoms with Gasteiger partial charge in [0.25, 0.3) is 0 Å². The van der Waals surface area contributed by atoms with Crippen molar-refractivity contribution in [1.82, 2.24) is 0 Å². The number of hydrogen-bond acceptors (Lipinski definition) is 4. The van der Waals surface area contributed by atoms with Gasteiger partial charge in [0.05, 0.1) is 0 Å². The van der Waals surface area contributed by atoms with Gasteiger partial charge in [-0.3, -0.25) is 9.59 Å². The molecule has 2 saturated carbocycles. The van der Waals surface area contributed by atoms with Gasteiger partial charge in [0, 0.05) is 6.42 Å². The van der Waals surface area contributed by atoms with Gasteiger partial charge in [-0.25, -0.2) is 0 Å². The SMILES string of the molecule is C=CCC(=C)[C@@H]1C2CCC(=O)C=C2CCC1[C@@H]1CC[C@](O)(C(=O)CO)C1. The molecule has 3 aliphatic carbocycles. The van der Waals surface area contributed by atoms with Crippen LogP contribution in [0.5, 0.6) is 0 Å². The van der Waals surface area contributed by atoms with E-state index >= 15 is 0 Å². The van der Waals surface area contributed by atoms with Gasteiger partial charge in [0.2, 0.25) is 0 Å². The van der Waals surface area contributed by atoms with Crippen LogP contribution in [-0.4, -0.2) is 34.0 Å². The second-order valence-corrected chi connectivity index (χ2v) is 8.33. The van der Waals surface area contributed by atoms with Crippen molar-refractivity contribution in [2.75, 3.05) is 6.61 Å². The van der Waals surface area contributed by atoms with Crippen molar-refractivity contribution in [1.29, 1.82) is 0 Å². The van der Waals surface area contributed by atoms with E-state index in [0.717, 1.165) is 37.7 Å². The highest BCUT2D eigenvalue weighted by Crippen LogP contribution is 2.53. The number of aliphatic hydroxyl groups is 2. The number of aliphatic hydroxyl groups excluding tert-OH is 1. The van der Waals surface area contributed by atoms with Crippen molar-refractivity contribution in [3.8, 4) is 0 Å². The minimum atomic E-state index is -1.37. The molecule has 0 bridgehead atoms. The molecule has 26 heavy (non-hydrogen) atoms. The van der Waals surface area contributed by atoms with E-state index in [4.69, 9.17) is 0 Å². The van der Waals surface area contributed by atoms with E-state index < -0.39 is 18.0 Å². The Morgan fingerprint density at radius 3 is 2.77 bits per heavy atom. The van der Waals surface area contributed by atoms with Crippen LogP contribution >= 0.6 is 0 Å². The molecule has 2 N–H and O–H groups in total. The van der Waals surface area contributed by atoms with Crippen molar-refractivity contribution in [2.45, 2.75) is 57.0 Å². The van der Waals surface area contributed by atoms with E-state index in [2.05, 4.69) is 13.2 Å². The third kappa shape index (κ3) is 3.49. The van der Waals surface area contributed by atoms with Crippen molar-refractivity contribution in [2.24, 2.45) is 23.7 Å². The molecular weight excluding hydrogens is 328 g/mol. The highest BCUT2D eigenvalue weighted by molar-refractivity contribution is 5.91. The minimum absolute atomic E-state index is 0.228. The molecule has 0 heterocycles. The maximum atomic E-state index is 12.0. The predicted molar refractivity (Wildman–Crippen MR) is 100 cm³/mol. The summed E-state index contributed by atoms with van der Waals surface area (Å²) < 4.78 is 0. The highest BCUT2D eigenvalue weighted by Gasteiger charge is 2.49. The van der Waals surface area contributed by atoms with Gasteiger partial charge < -0.3 is 10.2 Å². The standard InChI is InChI=1S/C22H30O4/c1-3-4-14(2)21-18-8-6-17(24)11-15(18)5-7-19(21)16-9-10-22(26,12-16)20(25)13-23/h3,11,16,18-19,21,23,26H,1-2,4-10,12-13H2/t16-,18?,19?,21-,22-/m1/s1. The van der Waals surface area contributed by atoms with E-state index in [1.54, 1.807) is 0 Å². The summed E-state index contributed by atoms with van der Waals surface area (Å²) in [6.45, 7) is 7.59. The number of carbonyl (C=O) groups is 2. The Balaban J connectivity index is 1.85. The molecule has 3 aliphatic rings. The molecule has 4 nitrogen and oxygen atoms in total. The topological polar surface area (TPSA) is 74.6 Å². The summed E-state index contributed by atoms with van der Waals surface area (Å²) in [6.07, 6.45) is 9.49. The summed E-state index contributed by atoms with van der Waals surface area (Å²) in [7, 11) is 0. The maximum Gasteiger partial charge on any atom is 0.189 e. The summed E-state index contributed by atoms with van der Waals surface area (Å²) in [6, 6.07) is 0. The van der Waals surface area contributed by atoms with Crippen molar-refractivity contribution >= 4 is 11.6 Å². The number of carbonyl (C=O) groups excluding carboxylic acids is 2. The average Bonchev–Trinajstić information content (AvgIpc) is 3.03. The fraction of sp³-hybridized carbons (Fsp3) is 0.636. The third-order valence-electron chi connectivity index (χ3n) is 6.86. The minimum Gasteiger partial charge on any atom is -0.388 e. The summed E-state index contributed by atoms with van der Waals surface area (Å²) in [5.74, 6) is 1.01. The Morgan fingerprint density at radius 2 is 2.08 bits per heavy atom. The zero-order chi connectivity index (χ0) is 18.9. The van der Waals surface area contributed by atoms with E-state index in [9.17, 15) is 19.8 Å². The average molecular weight is 358 g/mol. The van der Waals surface area contributed by atoms with Crippen LogP contribution in [0.4, 0.5) is 0 Å². The van der Waals surface area contributed by atoms with E-state index in [0.29, 0.717) is 31.1 Å².